The van der Waals surface area contributed by atoms with Crippen molar-refractivity contribution in [2.45, 2.75) is 77.2 Å². The van der Waals surface area contributed by atoms with Crippen molar-refractivity contribution in [3.63, 3.8) is 0 Å². The Kier molecular flexibility index (Phi) is 10.7. The molecule has 0 unspecified atom stereocenters. The number of fused-ring (bicyclic) bond motifs is 1. The van der Waals surface area contributed by atoms with E-state index in [9.17, 15) is 44.4 Å². The number of carbonyl (C=O) groups excluding carboxylic acids is 2. The van der Waals surface area contributed by atoms with E-state index >= 15 is 0 Å². The second kappa shape index (κ2) is 14.3. The summed E-state index contributed by atoms with van der Waals surface area (Å²) in [6.45, 7) is 4.71. The van der Waals surface area contributed by atoms with Crippen molar-refractivity contribution >= 4 is 34.8 Å². The number of hydrogen-bond acceptors (Lipinski definition) is 13. The summed E-state index contributed by atoms with van der Waals surface area (Å²) < 4.78 is 27.9. The second-order valence-electron chi connectivity index (χ2n) is 11.8. The number of para-hydroxylation sites is 1. The van der Waals surface area contributed by atoms with Gasteiger partial charge in [-0.25, -0.2) is 4.79 Å². The Balaban J connectivity index is 1.77. The highest BCUT2D eigenvalue weighted by Crippen LogP contribution is 2.39. The van der Waals surface area contributed by atoms with Crippen molar-refractivity contribution in [3.8, 4) is 28.6 Å². The van der Waals surface area contributed by atoms with Crippen LogP contribution in [-0.2, 0) is 23.9 Å². The fourth-order valence-electron chi connectivity index (χ4n) is 4.47. The lowest BCUT2D eigenvalue weighted by Gasteiger charge is -2.38. The van der Waals surface area contributed by atoms with Crippen molar-refractivity contribution in [2.75, 3.05) is 0 Å². The van der Waals surface area contributed by atoms with E-state index in [0.29, 0.717) is 0 Å². The van der Waals surface area contributed by atoms with Crippen molar-refractivity contribution in [1.82, 2.24) is 0 Å². The highest BCUT2D eigenvalue weighted by Gasteiger charge is 2.48. The normalized spacial score (nSPS) is 21.2. The summed E-state index contributed by atoms with van der Waals surface area (Å²) in [5.41, 5.74) is -1.54. The molecular formula is C32H34O15. The maximum Gasteiger partial charge on any atom is 0.335 e. The van der Waals surface area contributed by atoms with Crippen LogP contribution < -0.4 is 19.6 Å². The van der Waals surface area contributed by atoms with Crippen molar-refractivity contribution < 1.29 is 68.1 Å². The first kappa shape index (κ1) is 35.0. The zero-order valence-corrected chi connectivity index (χ0v) is 25.6. The predicted octanol–water partition coefficient (Wildman–Crippen LogP) is 2.23. The fourth-order valence-corrected chi connectivity index (χ4v) is 4.47. The third-order valence-electron chi connectivity index (χ3n) is 7.07. The molecule has 0 bridgehead atoms. The van der Waals surface area contributed by atoms with E-state index in [1.54, 1.807) is 32.9 Å². The zero-order valence-electron chi connectivity index (χ0n) is 25.6. The first-order chi connectivity index (χ1) is 22.1. The molecule has 1 fully saturated rings. The molecular weight excluding hydrogens is 624 g/mol. The van der Waals surface area contributed by atoms with E-state index in [4.69, 9.17) is 28.5 Å². The summed E-state index contributed by atoms with van der Waals surface area (Å²) in [7, 11) is 0. The van der Waals surface area contributed by atoms with Crippen molar-refractivity contribution in [2.24, 2.45) is 5.41 Å². The number of esters is 2. The van der Waals surface area contributed by atoms with Gasteiger partial charge in [-0.05, 0) is 63.9 Å². The van der Waals surface area contributed by atoms with Gasteiger partial charge in [-0.2, -0.15) is 0 Å². The Morgan fingerprint density at radius 1 is 0.851 bits per heavy atom. The smallest absolute Gasteiger partial charge is 0.335 e. The summed E-state index contributed by atoms with van der Waals surface area (Å²) in [6, 6.07) is 9.93. The van der Waals surface area contributed by atoms with Crippen LogP contribution in [0.3, 0.4) is 0 Å². The Morgan fingerprint density at radius 2 is 1.53 bits per heavy atom. The van der Waals surface area contributed by atoms with E-state index in [2.05, 4.69) is 0 Å². The number of benzene rings is 2. The van der Waals surface area contributed by atoms with Gasteiger partial charge in [0.05, 0.1) is 10.8 Å². The van der Waals surface area contributed by atoms with Crippen LogP contribution in [0, 0.1) is 5.41 Å². The number of ether oxygens (including phenoxy) is 4. The van der Waals surface area contributed by atoms with Crippen LogP contribution in [0.25, 0.3) is 22.3 Å². The number of hydrogen-bond donors (Lipinski definition) is 5. The number of rotatable bonds is 11. The van der Waals surface area contributed by atoms with Crippen molar-refractivity contribution in [1.29, 1.82) is 0 Å². The molecule has 3 aromatic rings. The minimum absolute atomic E-state index is 0.0644. The van der Waals surface area contributed by atoms with Gasteiger partial charge in [-0.1, -0.05) is 12.1 Å². The van der Waals surface area contributed by atoms with E-state index in [1.807, 2.05) is 0 Å². The molecule has 5 atom stereocenters. The number of aliphatic carboxylic acids is 2. The summed E-state index contributed by atoms with van der Waals surface area (Å²) in [5, 5.41) is 49.0. The van der Waals surface area contributed by atoms with Crippen LogP contribution in [0.2, 0.25) is 0 Å². The number of carboxylic acid groups (broad SMARTS) is 2. The van der Waals surface area contributed by atoms with Gasteiger partial charge in [0.15, 0.2) is 23.4 Å². The molecule has 1 aliphatic rings. The number of carboxylic acids is 2. The van der Waals surface area contributed by atoms with Crippen LogP contribution >= 0.6 is 0 Å². The molecule has 252 valence electrons. The Morgan fingerprint density at radius 3 is 2.19 bits per heavy atom. The van der Waals surface area contributed by atoms with Crippen LogP contribution in [-0.4, -0.2) is 80.1 Å². The third-order valence-corrected chi connectivity index (χ3v) is 7.07. The quantitative estimate of drug-likeness (QED) is 0.113. The fraction of sp³-hybridized carbons (Fsp3) is 0.406. The average Bonchev–Trinajstić information content (AvgIpc) is 3.00. The molecule has 2 heterocycles. The van der Waals surface area contributed by atoms with E-state index < -0.39 is 71.2 Å². The molecule has 15 nitrogen and oxygen atoms in total. The third kappa shape index (κ3) is 8.13. The SMILES string of the molecule is CC(C)(C)C(=O)Oc1cc(-c2oc3ccccc3c(=O)c2OC(=O)CCCCC(=O)O)ccc1O[C@H]1O[C@@H](C(=O)O)[C@H](O)[C@@H](O)[C@@H]1O. The Labute approximate surface area is 266 Å². The maximum atomic E-state index is 13.5. The molecule has 2 aromatic carbocycles. The van der Waals surface area contributed by atoms with Gasteiger partial charge in [-0.15, -0.1) is 0 Å². The summed E-state index contributed by atoms with van der Waals surface area (Å²) in [4.78, 5) is 61.6. The lowest BCUT2D eigenvalue weighted by molar-refractivity contribution is -0.271. The number of aliphatic hydroxyl groups excluding tert-OH is 3. The second-order valence-corrected chi connectivity index (χ2v) is 11.8. The lowest BCUT2D eigenvalue weighted by atomic mass is 9.97. The summed E-state index contributed by atoms with van der Waals surface area (Å²) in [5.74, 6) is -5.54. The maximum absolute atomic E-state index is 13.5. The highest BCUT2D eigenvalue weighted by molar-refractivity contribution is 5.85. The van der Waals surface area contributed by atoms with Gasteiger partial charge in [0.25, 0.3) is 0 Å². The molecule has 0 radical (unpaired) electrons. The van der Waals surface area contributed by atoms with Crippen LogP contribution in [0.4, 0.5) is 0 Å². The summed E-state index contributed by atoms with van der Waals surface area (Å²) >= 11 is 0. The average molecular weight is 659 g/mol. The molecule has 0 saturated carbocycles. The molecule has 15 heteroatoms. The van der Waals surface area contributed by atoms with Crippen molar-refractivity contribution in [3.05, 3.63) is 52.7 Å². The molecule has 0 spiro atoms. The first-order valence-corrected chi connectivity index (χ1v) is 14.5. The molecule has 4 rings (SSSR count). The van der Waals surface area contributed by atoms with Gasteiger partial charge >= 0.3 is 23.9 Å². The number of unbranched alkanes of at least 4 members (excludes halogenated alkanes) is 1. The lowest BCUT2D eigenvalue weighted by Crippen LogP contribution is -2.61. The van der Waals surface area contributed by atoms with Crippen LogP contribution in [0.5, 0.6) is 17.2 Å². The molecule has 1 aromatic heterocycles. The molecule has 47 heavy (non-hydrogen) atoms. The Hall–Kier alpha value is -4.83. The largest absolute Gasteiger partial charge is 0.481 e. The summed E-state index contributed by atoms with van der Waals surface area (Å²) in [6.07, 6.45) is -9.64. The molecule has 5 N–H and O–H groups in total. The van der Waals surface area contributed by atoms with Gasteiger partial charge in [0.1, 0.15) is 23.9 Å². The van der Waals surface area contributed by atoms with Gasteiger partial charge in [-0.3, -0.25) is 19.2 Å². The van der Waals surface area contributed by atoms with E-state index in [1.165, 1.54) is 30.3 Å². The number of aliphatic hydroxyl groups is 3. The monoisotopic (exact) mass is 658 g/mol. The van der Waals surface area contributed by atoms with E-state index in [0.717, 1.165) is 0 Å². The first-order valence-electron chi connectivity index (χ1n) is 14.5. The predicted molar refractivity (Wildman–Crippen MR) is 160 cm³/mol. The molecule has 0 aliphatic carbocycles. The molecule has 0 amide bonds. The van der Waals surface area contributed by atoms with E-state index in [-0.39, 0.29) is 59.5 Å². The number of carbonyl (C=O) groups is 4. The molecule has 1 saturated heterocycles. The van der Waals surface area contributed by atoms with Gasteiger partial charge < -0.3 is 48.9 Å². The van der Waals surface area contributed by atoms with Gasteiger partial charge in [0.2, 0.25) is 17.5 Å². The van der Waals surface area contributed by atoms with Crippen LogP contribution in [0.15, 0.2) is 51.7 Å². The van der Waals surface area contributed by atoms with Crippen LogP contribution in [0.1, 0.15) is 46.5 Å². The Bertz CT molecular complexity index is 1720. The standard InChI is InChI=1S/C32H34O15/c1-32(2,3)31(42)45-19-14-15(12-13-18(19)44-30-25(39)23(37)24(38)28(47-30)29(40)41)26-27(46-21(35)11-7-6-10-20(33)34)22(36)16-8-4-5-9-17(16)43-26/h4-5,8-9,12-14,23-25,28,30,37-39H,6-7,10-11H2,1-3H3,(H,33,34)(H,40,41)/t23-,24-,25+,28-,30+/m1/s1. The topological polar surface area (TPSA) is 237 Å². The molecule has 1 aliphatic heterocycles. The van der Waals surface area contributed by atoms with Gasteiger partial charge in [0, 0.05) is 18.4 Å². The highest BCUT2D eigenvalue weighted by atomic mass is 16.7. The minimum Gasteiger partial charge on any atom is -0.481 e. The minimum atomic E-state index is -1.97. The zero-order chi connectivity index (χ0) is 34.6.